The zero-order chi connectivity index (χ0) is 30.6. The third-order valence-electron chi connectivity index (χ3n) is 6.22. The molecule has 2 fully saturated rings. The smallest absolute Gasteiger partial charge is 0.343 e. The Bertz CT molecular complexity index is 1250. The number of nitrogens with zero attached hydrogens (tertiary/aromatic N) is 7. The minimum Gasteiger partial charge on any atom is -0.497 e. The molecule has 1 aromatic heterocycles. The normalized spacial score (nSPS) is 14.9. The molecule has 0 atom stereocenters. The predicted octanol–water partition coefficient (Wildman–Crippen LogP) is 2.61. The summed E-state index contributed by atoms with van der Waals surface area (Å²) in [4.78, 5) is 53.6. The van der Waals surface area contributed by atoms with E-state index in [4.69, 9.17) is 24.3 Å². The van der Waals surface area contributed by atoms with Gasteiger partial charge in [-0.25, -0.2) is 9.78 Å². The number of hydrogen-bond acceptors (Lipinski definition) is 15. The number of esters is 1. The van der Waals surface area contributed by atoms with Crippen molar-refractivity contribution in [2.45, 2.75) is 26.2 Å². The third kappa shape index (κ3) is 8.40. The Morgan fingerprint density at radius 1 is 0.929 bits per heavy atom. The Labute approximate surface area is 239 Å². The molecule has 0 saturated carbocycles. The molecular weight excluding hydrogens is 562 g/mol. The van der Waals surface area contributed by atoms with Crippen LogP contribution >= 0.6 is 0 Å². The lowest BCUT2D eigenvalue weighted by Gasteiger charge is -2.31. The number of carbonyl (C=O) groups is 1. The summed E-state index contributed by atoms with van der Waals surface area (Å²) in [5.41, 5.74) is -2.57. The van der Waals surface area contributed by atoms with Crippen molar-refractivity contribution in [1.82, 2.24) is 9.97 Å². The van der Waals surface area contributed by atoms with E-state index in [-0.39, 0.29) is 5.97 Å². The molecule has 0 aliphatic carbocycles. The molecule has 1 aromatic carbocycles. The highest BCUT2D eigenvalue weighted by molar-refractivity contribution is 5.94. The molecule has 2 aliphatic heterocycles. The van der Waals surface area contributed by atoms with Gasteiger partial charge in [0.2, 0.25) is 5.95 Å². The van der Waals surface area contributed by atoms with Gasteiger partial charge in [-0.05, 0) is 6.42 Å². The fourth-order valence-corrected chi connectivity index (χ4v) is 4.01. The fourth-order valence-electron chi connectivity index (χ4n) is 4.01. The number of nitro benzene ring substituents is 3. The van der Waals surface area contributed by atoms with E-state index in [1.54, 1.807) is 6.20 Å². The fraction of sp³-hybridized carbons (Fsp3) is 0.542. The zero-order valence-electron chi connectivity index (χ0n) is 22.9. The second-order valence-corrected chi connectivity index (χ2v) is 9.05. The number of unbranched alkanes of at least 4 members (excludes halogenated alkanes) is 2. The van der Waals surface area contributed by atoms with Gasteiger partial charge < -0.3 is 29.1 Å². The van der Waals surface area contributed by atoms with Crippen molar-refractivity contribution in [1.29, 1.82) is 0 Å². The van der Waals surface area contributed by atoms with Crippen LogP contribution in [0.15, 0.2) is 18.3 Å². The molecule has 228 valence electrons. The van der Waals surface area contributed by atoms with Crippen LogP contribution < -0.4 is 9.80 Å². The molecule has 3 heterocycles. The van der Waals surface area contributed by atoms with Gasteiger partial charge in [0.15, 0.2) is 0 Å². The van der Waals surface area contributed by atoms with E-state index < -0.39 is 37.6 Å². The topological polar surface area (TPSA) is 227 Å². The number of morpholine rings is 2. The van der Waals surface area contributed by atoms with Crippen molar-refractivity contribution in [2.24, 2.45) is 0 Å². The lowest BCUT2D eigenvalue weighted by Crippen LogP contribution is -2.40. The first-order valence-electron chi connectivity index (χ1n) is 13.1. The largest absolute Gasteiger partial charge is 0.497 e. The molecule has 0 spiro atoms. The molecule has 2 aromatic rings. The van der Waals surface area contributed by atoms with Crippen LogP contribution in [-0.4, -0.2) is 95.0 Å². The first kappa shape index (κ1) is 31.8. The Balaban J connectivity index is 0.000000260. The molecule has 1 N–H and O–H groups in total. The number of non-ortho nitro benzene ring substituents is 1. The van der Waals surface area contributed by atoms with Crippen molar-refractivity contribution in [3.63, 3.8) is 0 Å². The molecule has 18 nitrogen and oxygen atoms in total. The number of aromatic nitrogens is 2. The van der Waals surface area contributed by atoms with Crippen LogP contribution in [0.2, 0.25) is 0 Å². The SMILES string of the molecule is CCCCCOC(=O)c1cnc(N2CCOCC2)nc1N1CCOCC1.O=[N+]([O-])c1cc([N+](=O)[O-])c(O)c([N+](=O)[O-])c1. The van der Waals surface area contributed by atoms with Crippen LogP contribution in [0, 0.1) is 30.3 Å². The van der Waals surface area contributed by atoms with Crippen molar-refractivity contribution < 1.29 is 38.9 Å². The Kier molecular flexibility index (Phi) is 11.6. The van der Waals surface area contributed by atoms with Crippen molar-refractivity contribution >= 4 is 34.8 Å². The number of phenols is 1. The maximum Gasteiger partial charge on any atom is 0.343 e. The third-order valence-corrected chi connectivity index (χ3v) is 6.22. The summed E-state index contributed by atoms with van der Waals surface area (Å²) >= 11 is 0. The van der Waals surface area contributed by atoms with Gasteiger partial charge in [0.05, 0.1) is 59.9 Å². The predicted molar refractivity (Wildman–Crippen MR) is 146 cm³/mol. The van der Waals surface area contributed by atoms with Crippen LogP contribution in [0.1, 0.15) is 36.5 Å². The van der Waals surface area contributed by atoms with Crippen LogP contribution in [0.3, 0.4) is 0 Å². The average Bonchev–Trinajstić information content (AvgIpc) is 3.00. The van der Waals surface area contributed by atoms with E-state index in [1.807, 2.05) is 0 Å². The van der Waals surface area contributed by atoms with Crippen LogP contribution in [0.5, 0.6) is 5.75 Å². The highest BCUT2D eigenvalue weighted by Gasteiger charge is 2.30. The van der Waals surface area contributed by atoms with E-state index in [0.717, 1.165) is 32.4 Å². The number of rotatable bonds is 10. The highest BCUT2D eigenvalue weighted by Crippen LogP contribution is 2.39. The summed E-state index contributed by atoms with van der Waals surface area (Å²) in [6.07, 6.45) is 4.62. The number of aromatic hydroxyl groups is 1. The van der Waals surface area contributed by atoms with Gasteiger partial charge in [0, 0.05) is 32.4 Å². The first-order valence-corrected chi connectivity index (χ1v) is 13.1. The van der Waals surface area contributed by atoms with Crippen LogP contribution in [0.4, 0.5) is 28.8 Å². The van der Waals surface area contributed by atoms with Crippen LogP contribution in [0.25, 0.3) is 0 Å². The monoisotopic (exact) mass is 593 g/mol. The number of nitro groups is 3. The quantitative estimate of drug-likeness (QED) is 0.181. The van der Waals surface area contributed by atoms with E-state index in [0.29, 0.717) is 75.6 Å². The summed E-state index contributed by atoms with van der Waals surface area (Å²) in [6, 6.07) is 0.894. The Hall–Kier alpha value is -4.71. The molecule has 0 amide bonds. The average molecular weight is 594 g/mol. The van der Waals surface area contributed by atoms with E-state index in [2.05, 4.69) is 21.7 Å². The summed E-state index contributed by atoms with van der Waals surface area (Å²) in [5.74, 6) is -0.278. The number of ether oxygens (including phenoxy) is 3. The second-order valence-electron chi connectivity index (χ2n) is 9.05. The number of phenolic OH excluding ortho intramolecular Hbond substituents is 1. The van der Waals surface area contributed by atoms with Gasteiger partial charge in [0.1, 0.15) is 11.4 Å². The molecule has 2 aliphatic rings. The summed E-state index contributed by atoms with van der Waals surface area (Å²) in [7, 11) is 0. The molecule has 0 radical (unpaired) electrons. The molecule has 0 bridgehead atoms. The van der Waals surface area contributed by atoms with E-state index in [9.17, 15) is 35.1 Å². The lowest BCUT2D eigenvalue weighted by molar-refractivity contribution is -0.404. The van der Waals surface area contributed by atoms with Crippen molar-refractivity contribution in [3.8, 4) is 5.75 Å². The molecular formula is C24H31N7O11. The van der Waals surface area contributed by atoms with Gasteiger partial charge in [-0.15, -0.1) is 0 Å². The van der Waals surface area contributed by atoms with Crippen molar-refractivity contribution in [2.75, 3.05) is 69.0 Å². The Morgan fingerprint density at radius 2 is 1.48 bits per heavy atom. The van der Waals surface area contributed by atoms with E-state index in [1.165, 1.54) is 0 Å². The van der Waals surface area contributed by atoms with Gasteiger partial charge in [-0.3, -0.25) is 30.3 Å². The van der Waals surface area contributed by atoms with Gasteiger partial charge in [-0.2, -0.15) is 4.98 Å². The number of benzene rings is 1. The maximum atomic E-state index is 12.6. The highest BCUT2D eigenvalue weighted by atomic mass is 16.6. The number of carbonyl (C=O) groups excluding carboxylic acids is 1. The van der Waals surface area contributed by atoms with Gasteiger partial charge in [-0.1, -0.05) is 19.8 Å². The van der Waals surface area contributed by atoms with Gasteiger partial charge >= 0.3 is 17.3 Å². The second kappa shape index (κ2) is 15.3. The molecule has 4 rings (SSSR count). The number of anilines is 2. The number of hydrogen-bond donors (Lipinski definition) is 1. The summed E-state index contributed by atoms with van der Waals surface area (Å²) in [5, 5.41) is 40.2. The Morgan fingerprint density at radius 3 is 1.98 bits per heavy atom. The molecule has 0 unspecified atom stereocenters. The maximum absolute atomic E-state index is 12.6. The van der Waals surface area contributed by atoms with E-state index >= 15 is 0 Å². The van der Waals surface area contributed by atoms with Crippen LogP contribution in [-0.2, 0) is 14.2 Å². The van der Waals surface area contributed by atoms with Gasteiger partial charge in [0.25, 0.3) is 11.4 Å². The summed E-state index contributed by atoms with van der Waals surface area (Å²) < 4.78 is 16.3. The summed E-state index contributed by atoms with van der Waals surface area (Å²) in [6.45, 7) is 8.05. The standard InChI is InChI=1S/C18H28N4O4.C6H3N3O7/c1-2-3-4-9-26-17(23)15-14-19-18(22-7-12-25-13-8-22)20-16(15)21-5-10-24-11-6-21;10-6-4(8(13)14)1-3(7(11)12)2-5(6)9(15)16/h14H,2-13H2,1H3;1-2,10H. The minimum atomic E-state index is -1.21. The van der Waals surface area contributed by atoms with Crippen molar-refractivity contribution in [3.05, 3.63) is 54.2 Å². The first-order chi connectivity index (χ1) is 20.1. The zero-order valence-corrected chi connectivity index (χ0v) is 22.9. The molecule has 2 saturated heterocycles. The minimum absolute atomic E-state index is 0.351. The molecule has 18 heteroatoms. The molecule has 42 heavy (non-hydrogen) atoms. The lowest BCUT2D eigenvalue weighted by atomic mass is 10.2.